The van der Waals surface area contributed by atoms with Gasteiger partial charge in [-0.05, 0) is 17.7 Å². The van der Waals surface area contributed by atoms with Crippen LogP contribution < -0.4 is 11.3 Å². The van der Waals surface area contributed by atoms with Crippen molar-refractivity contribution in [1.29, 1.82) is 0 Å². The van der Waals surface area contributed by atoms with Crippen LogP contribution in [0.1, 0.15) is 10.4 Å². The molecule has 0 aromatic heterocycles. The van der Waals surface area contributed by atoms with Crippen LogP contribution >= 0.6 is 0 Å². The van der Waals surface area contributed by atoms with Gasteiger partial charge in [0.05, 0.1) is 0 Å². The molecular formula is C7H7N5O. The summed E-state index contributed by atoms with van der Waals surface area (Å²) in [6.45, 7) is 0. The molecule has 0 saturated heterocycles. The predicted molar refractivity (Wildman–Crippen MR) is 46.9 cm³/mol. The maximum atomic E-state index is 10.9. The van der Waals surface area contributed by atoms with E-state index in [-0.39, 0.29) is 5.91 Å². The van der Waals surface area contributed by atoms with Gasteiger partial charge in [-0.15, -0.1) is 0 Å². The largest absolute Gasteiger partial charge is 0.290 e. The minimum absolute atomic E-state index is 0.382. The Balaban J connectivity index is 2.93. The zero-order chi connectivity index (χ0) is 9.68. The van der Waals surface area contributed by atoms with Crippen LogP contribution in [0.15, 0.2) is 29.4 Å². The molecule has 0 spiro atoms. The van der Waals surface area contributed by atoms with Gasteiger partial charge in [0.15, 0.2) is 0 Å². The Morgan fingerprint density at radius 2 is 2.08 bits per heavy atom. The van der Waals surface area contributed by atoms with E-state index < -0.39 is 0 Å². The van der Waals surface area contributed by atoms with Gasteiger partial charge < -0.3 is 0 Å². The first kappa shape index (κ1) is 9.05. The third-order valence-corrected chi connectivity index (χ3v) is 1.42. The molecule has 1 amide bonds. The minimum atomic E-state index is -0.382. The molecule has 0 bridgehead atoms. The van der Waals surface area contributed by atoms with E-state index in [1.54, 1.807) is 0 Å². The quantitative estimate of drug-likeness (QED) is 0.177. The summed E-state index contributed by atoms with van der Waals surface area (Å²) in [5.74, 6) is 4.54. The van der Waals surface area contributed by atoms with E-state index in [2.05, 4.69) is 10.0 Å². The van der Waals surface area contributed by atoms with Crippen LogP contribution in [0.4, 0.5) is 5.69 Å². The fraction of sp³-hybridized carbons (Fsp3) is 0. The van der Waals surface area contributed by atoms with E-state index >= 15 is 0 Å². The highest BCUT2D eigenvalue weighted by atomic mass is 16.2. The number of hydrogen-bond donors (Lipinski definition) is 2. The van der Waals surface area contributed by atoms with E-state index in [9.17, 15) is 4.79 Å². The summed E-state index contributed by atoms with van der Waals surface area (Å²) >= 11 is 0. The molecule has 3 N–H and O–H groups in total. The molecule has 0 unspecified atom stereocenters. The Morgan fingerprint density at radius 3 is 2.54 bits per heavy atom. The topological polar surface area (TPSA) is 104 Å². The van der Waals surface area contributed by atoms with Gasteiger partial charge in [-0.3, -0.25) is 10.2 Å². The van der Waals surface area contributed by atoms with Crippen molar-refractivity contribution in [3.63, 3.8) is 0 Å². The van der Waals surface area contributed by atoms with Crippen LogP contribution in [0.5, 0.6) is 0 Å². The lowest BCUT2D eigenvalue weighted by molar-refractivity contribution is 0.0953. The van der Waals surface area contributed by atoms with Crippen molar-refractivity contribution in [1.82, 2.24) is 5.43 Å². The normalized spacial score (nSPS) is 8.69. The van der Waals surface area contributed by atoms with Crippen molar-refractivity contribution in [2.24, 2.45) is 11.0 Å². The number of nitrogens with one attached hydrogen (secondary N) is 1. The van der Waals surface area contributed by atoms with Gasteiger partial charge in [0.25, 0.3) is 5.91 Å². The lowest BCUT2D eigenvalue weighted by atomic mass is 10.2. The average Bonchev–Trinajstić information content (AvgIpc) is 2.18. The van der Waals surface area contributed by atoms with E-state index in [0.717, 1.165) is 0 Å². The van der Waals surface area contributed by atoms with Gasteiger partial charge >= 0.3 is 0 Å². The summed E-state index contributed by atoms with van der Waals surface area (Å²) in [5, 5.41) is 3.35. The smallest absolute Gasteiger partial charge is 0.265 e. The summed E-state index contributed by atoms with van der Waals surface area (Å²) in [6, 6.07) is 6.10. The first-order chi connectivity index (χ1) is 6.27. The Labute approximate surface area is 74.0 Å². The molecule has 0 atom stereocenters. The van der Waals surface area contributed by atoms with E-state index in [4.69, 9.17) is 11.4 Å². The highest BCUT2D eigenvalue weighted by molar-refractivity contribution is 5.93. The third kappa shape index (κ3) is 2.19. The third-order valence-electron chi connectivity index (χ3n) is 1.42. The fourth-order valence-electron chi connectivity index (χ4n) is 0.814. The van der Waals surface area contributed by atoms with E-state index in [0.29, 0.717) is 11.3 Å². The Morgan fingerprint density at radius 1 is 1.46 bits per heavy atom. The molecule has 0 heterocycles. The Kier molecular flexibility index (Phi) is 2.86. The number of hydrazine groups is 1. The highest BCUT2D eigenvalue weighted by Gasteiger charge is 2.00. The number of nitrogens with zero attached hydrogens (tertiary/aromatic N) is 3. The zero-order valence-electron chi connectivity index (χ0n) is 6.64. The molecule has 0 radical (unpaired) electrons. The summed E-state index contributed by atoms with van der Waals surface area (Å²) in [6.07, 6.45) is 0. The second kappa shape index (κ2) is 4.10. The number of hydrogen-bond acceptors (Lipinski definition) is 3. The molecule has 6 heteroatoms. The number of benzene rings is 1. The molecular weight excluding hydrogens is 170 g/mol. The van der Waals surface area contributed by atoms with Crippen molar-refractivity contribution in [2.75, 3.05) is 0 Å². The average molecular weight is 177 g/mol. The maximum Gasteiger partial charge on any atom is 0.265 e. The van der Waals surface area contributed by atoms with Crippen LogP contribution in [0.25, 0.3) is 10.4 Å². The first-order valence-electron chi connectivity index (χ1n) is 3.44. The van der Waals surface area contributed by atoms with E-state index in [1.165, 1.54) is 24.3 Å². The number of nitrogen functional groups attached to an aromatic ring is 1. The number of rotatable bonds is 2. The van der Waals surface area contributed by atoms with Crippen molar-refractivity contribution in [3.8, 4) is 0 Å². The van der Waals surface area contributed by atoms with Gasteiger partial charge in [-0.1, -0.05) is 17.2 Å². The standard InChI is InChI=1S/C7H7N5O/c8-10-7(13)5-1-3-6(4-2-5)11-12-9/h1-4H,8H2,(H,10,13). The molecule has 1 rings (SSSR count). The van der Waals surface area contributed by atoms with Gasteiger partial charge in [0, 0.05) is 16.2 Å². The van der Waals surface area contributed by atoms with Crippen LogP contribution in [-0.4, -0.2) is 5.91 Å². The SMILES string of the molecule is [N-]=[N+]=Nc1ccc(C(=O)NN)cc1. The van der Waals surface area contributed by atoms with Gasteiger partial charge in [-0.25, -0.2) is 5.84 Å². The Bertz CT molecular complexity index is 352. The van der Waals surface area contributed by atoms with E-state index in [1.807, 2.05) is 5.43 Å². The predicted octanol–water partition coefficient (Wildman–Crippen LogP) is 1.23. The number of nitrogens with two attached hydrogens (primary N) is 1. The molecule has 66 valence electrons. The molecule has 1 aromatic rings. The minimum Gasteiger partial charge on any atom is -0.290 e. The van der Waals surface area contributed by atoms with Crippen molar-refractivity contribution in [2.45, 2.75) is 0 Å². The van der Waals surface area contributed by atoms with Crippen molar-refractivity contribution < 1.29 is 4.79 Å². The zero-order valence-corrected chi connectivity index (χ0v) is 6.64. The fourth-order valence-corrected chi connectivity index (χ4v) is 0.814. The summed E-state index contributed by atoms with van der Waals surface area (Å²) in [5.41, 5.74) is 11.0. The summed E-state index contributed by atoms with van der Waals surface area (Å²) < 4.78 is 0. The van der Waals surface area contributed by atoms with Crippen LogP contribution in [0.2, 0.25) is 0 Å². The second-order valence-corrected chi connectivity index (χ2v) is 2.21. The molecule has 0 aliphatic carbocycles. The van der Waals surface area contributed by atoms with Crippen molar-refractivity contribution >= 4 is 11.6 Å². The number of carbonyl (C=O) groups is 1. The lowest BCUT2D eigenvalue weighted by Crippen LogP contribution is -2.29. The molecule has 0 fully saturated rings. The van der Waals surface area contributed by atoms with Gasteiger partial charge in [0.1, 0.15) is 0 Å². The molecule has 1 aromatic carbocycles. The molecule has 0 saturated carbocycles. The lowest BCUT2D eigenvalue weighted by Gasteiger charge is -1.98. The first-order valence-corrected chi connectivity index (χ1v) is 3.44. The molecule has 6 nitrogen and oxygen atoms in total. The maximum absolute atomic E-state index is 10.9. The Hall–Kier alpha value is -2.04. The number of carbonyl (C=O) groups excluding carboxylic acids is 1. The number of azide groups is 1. The molecule has 13 heavy (non-hydrogen) atoms. The highest BCUT2D eigenvalue weighted by Crippen LogP contribution is 2.12. The van der Waals surface area contributed by atoms with Crippen molar-refractivity contribution in [3.05, 3.63) is 40.3 Å². The van der Waals surface area contributed by atoms with Crippen LogP contribution in [0, 0.1) is 0 Å². The molecule has 0 aliphatic rings. The summed E-state index contributed by atoms with van der Waals surface area (Å²) in [7, 11) is 0. The molecule has 0 aliphatic heterocycles. The van der Waals surface area contributed by atoms with Crippen LogP contribution in [-0.2, 0) is 0 Å². The summed E-state index contributed by atoms with van der Waals surface area (Å²) in [4.78, 5) is 13.5. The second-order valence-electron chi connectivity index (χ2n) is 2.21. The van der Waals surface area contributed by atoms with Gasteiger partial charge in [-0.2, -0.15) is 0 Å². The monoisotopic (exact) mass is 177 g/mol. The van der Waals surface area contributed by atoms with Crippen LogP contribution in [0.3, 0.4) is 0 Å². The number of amides is 1. The van der Waals surface area contributed by atoms with Gasteiger partial charge in [0.2, 0.25) is 0 Å².